The Hall–Kier alpha value is -2.58. The van der Waals surface area contributed by atoms with E-state index in [4.69, 9.17) is 9.26 Å². The molecule has 14 heteroatoms. The molecule has 8 nitrogen and oxygen atoms in total. The van der Waals surface area contributed by atoms with Gasteiger partial charge in [0.1, 0.15) is 18.8 Å². The van der Waals surface area contributed by atoms with Crippen LogP contribution in [0.4, 0.5) is 28.0 Å². The highest BCUT2D eigenvalue weighted by atomic mass is 32.2. The molecule has 2 aliphatic rings. The number of carbonyl (C=O) groups is 1. The summed E-state index contributed by atoms with van der Waals surface area (Å²) < 4.78 is 65.1. The molecule has 3 atom stereocenters. The van der Waals surface area contributed by atoms with Gasteiger partial charge in [0.25, 0.3) is 5.89 Å². The van der Waals surface area contributed by atoms with Crippen LogP contribution >= 0.6 is 23.1 Å². The quantitative estimate of drug-likeness (QED) is 0.347. The molecule has 1 amide bonds. The third-order valence-electron chi connectivity index (χ3n) is 5.25. The van der Waals surface area contributed by atoms with Gasteiger partial charge in [0.15, 0.2) is 0 Å². The van der Waals surface area contributed by atoms with E-state index >= 15 is 0 Å². The number of piperidine rings is 1. The second kappa shape index (κ2) is 8.65. The van der Waals surface area contributed by atoms with E-state index < -0.39 is 29.9 Å². The van der Waals surface area contributed by atoms with Gasteiger partial charge in [0.2, 0.25) is 5.82 Å². The predicted octanol–water partition coefficient (Wildman–Crippen LogP) is 4.46. The van der Waals surface area contributed by atoms with Crippen molar-refractivity contribution in [1.29, 1.82) is 0 Å². The first-order valence-electron chi connectivity index (χ1n) is 9.98. The number of rotatable bonds is 5. The standard InChI is InChI=1S/C19H17F4N5O3S2/c20-9-6-24-5-4-10(9)25-11-3-1-2-8-13(11)32-15(14(8)33-19(21,22)23)16-27-17(31-28-16)12-7-30-18(29)26-12/h1-3,9-10,12,24-25H,4-7H2,(H,26,29). The first-order valence-corrected chi connectivity index (χ1v) is 11.6. The number of anilines is 1. The van der Waals surface area contributed by atoms with Crippen molar-refractivity contribution in [2.24, 2.45) is 0 Å². The molecule has 33 heavy (non-hydrogen) atoms. The van der Waals surface area contributed by atoms with Crippen molar-refractivity contribution in [1.82, 2.24) is 20.8 Å². The summed E-state index contributed by atoms with van der Waals surface area (Å²) in [5, 5.41) is 12.8. The maximum Gasteiger partial charge on any atom is 0.446 e. The van der Waals surface area contributed by atoms with E-state index in [1.807, 2.05) is 0 Å². The van der Waals surface area contributed by atoms with Gasteiger partial charge in [-0.15, -0.1) is 11.3 Å². The Balaban J connectivity index is 1.55. The number of thioether (sulfide) groups is 1. The molecular formula is C19H17F4N5O3S2. The van der Waals surface area contributed by atoms with Crippen molar-refractivity contribution in [3.05, 3.63) is 24.1 Å². The maximum absolute atomic E-state index is 14.3. The van der Waals surface area contributed by atoms with E-state index in [1.54, 1.807) is 18.2 Å². The van der Waals surface area contributed by atoms with Crippen molar-refractivity contribution in [3.63, 3.8) is 0 Å². The number of amides is 1. The van der Waals surface area contributed by atoms with Crippen LogP contribution in [0.3, 0.4) is 0 Å². The van der Waals surface area contributed by atoms with Gasteiger partial charge in [0.05, 0.1) is 21.3 Å². The van der Waals surface area contributed by atoms with E-state index in [2.05, 4.69) is 26.1 Å². The number of benzene rings is 1. The number of alkyl carbamates (subject to hydrolysis) is 1. The highest BCUT2D eigenvalue weighted by Gasteiger charge is 2.35. The SMILES string of the molecule is O=C1NC(c2nc(-c3sc4c(NC5CCNCC5F)cccc4c3SC(F)(F)F)no2)CO1. The number of ether oxygens (including phenoxy) is 1. The van der Waals surface area contributed by atoms with Crippen molar-refractivity contribution in [2.75, 3.05) is 25.0 Å². The second-order valence-corrected chi connectivity index (χ2v) is 9.60. The largest absolute Gasteiger partial charge is 0.447 e. The molecule has 0 spiro atoms. The zero-order valence-electron chi connectivity index (χ0n) is 16.7. The molecule has 3 N–H and O–H groups in total. The Labute approximate surface area is 192 Å². The number of aromatic nitrogens is 2. The van der Waals surface area contributed by atoms with Gasteiger partial charge in [-0.25, -0.2) is 9.18 Å². The van der Waals surface area contributed by atoms with Crippen molar-refractivity contribution < 1.29 is 31.6 Å². The Kier molecular flexibility index (Phi) is 5.82. The fourth-order valence-electron chi connectivity index (χ4n) is 3.74. The predicted molar refractivity (Wildman–Crippen MR) is 114 cm³/mol. The van der Waals surface area contributed by atoms with E-state index in [-0.39, 0.29) is 46.4 Å². The maximum atomic E-state index is 14.3. The first kappa shape index (κ1) is 22.2. The van der Waals surface area contributed by atoms with Gasteiger partial charge in [-0.1, -0.05) is 17.3 Å². The lowest BCUT2D eigenvalue weighted by molar-refractivity contribution is -0.0327. The normalized spacial score (nSPS) is 23.5. The lowest BCUT2D eigenvalue weighted by Crippen LogP contribution is -2.45. The third-order valence-corrected chi connectivity index (χ3v) is 7.48. The minimum absolute atomic E-state index is 0.0221. The van der Waals surface area contributed by atoms with Crippen molar-refractivity contribution in [3.8, 4) is 10.7 Å². The van der Waals surface area contributed by atoms with Gasteiger partial charge < -0.3 is 25.2 Å². The summed E-state index contributed by atoms with van der Waals surface area (Å²) in [6.45, 7) is 0.837. The number of alkyl halides is 4. The summed E-state index contributed by atoms with van der Waals surface area (Å²) in [4.78, 5) is 15.6. The van der Waals surface area contributed by atoms with Crippen LogP contribution in [-0.2, 0) is 4.74 Å². The number of hydrogen-bond donors (Lipinski definition) is 3. The topological polar surface area (TPSA) is 101 Å². The summed E-state index contributed by atoms with van der Waals surface area (Å²) in [7, 11) is 0. The van der Waals surface area contributed by atoms with Crippen LogP contribution in [0.1, 0.15) is 18.4 Å². The van der Waals surface area contributed by atoms with Crippen LogP contribution in [0.2, 0.25) is 0 Å². The molecule has 3 unspecified atom stereocenters. The smallest absolute Gasteiger partial charge is 0.446 e. The number of hydrogen-bond acceptors (Lipinski definition) is 9. The molecule has 2 aromatic heterocycles. The Morgan fingerprint density at radius 3 is 2.88 bits per heavy atom. The number of fused-ring (bicyclic) bond motifs is 1. The van der Waals surface area contributed by atoms with E-state index in [0.29, 0.717) is 28.7 Å². The van der Waals surface area contributed by atoms with Crippen LogP contribution < -0.4 is 16.0 Å². The molecular weight excluding hydrogens is 486 g/mol. The zero-order valence-corrected chi connectivity index (χ0v) is 18.4. The minimum Gasteiger partial charge on any atom is -0.447 e. The molecule has 2 aliphatic heterocycles. The second-order valence-electron chi connectivity index (χ2n) is 7.50. The Morgan fingerprint density at radius 2 is 2.15 bits per heavy atom. The van der Waals surface area contributed by atoms with Gasteiger partial charge >= 0.3 is 11.6 Å². The molecule has 0 saturated carbocycles. The fraction of sp³-hybridized carbons (Fsp3) is 0.421. The van der Waals surface area contributed by atoms with E-state index in [1.165, 1.54) is 0 Å². The molecule has 3 aromatic rings. The first-order chi connectivity index (χ1) is 15.8. The Morgan fingerprint density at radius 1 is 1.30 bits per heavy atom. The highest BCUT2D eigenvalue weighted by molar-refractivity contribution is 8.00. The number of thiophene rings is 1. The molecule has 1 aromatic carbocycles. The minimum atomic E-state index is -4.55. The molecule has 0 bridgehead atoms. The van der Waals surface area contributed by atoms with Gasteiger partial charge in [-0.2, -0.15) is 18.2 Å². The van der Waals surface area contributed by atoms with Gasteiger partial charge in [-0.3, -0.25) is 0 Å². The number of nitrogens with zero attached hydrogens (tertiary/aromatic N) is 2. The number of halogens is 4. The van der Waals surface area contributed by atoms with Gasteiger partial charge in [-0.05, 0) is 30.8 Å². The van der Waals surface area contributed by atoms with Crippen LogP contribution in [-0.4, -0.2) is 53.7 Å². The lowest BCUT2D eigenvalue weighted by Gasteiger charge is -2.28. The molecule has 176 valence electrons. The van der Waals surface area contributed by atoms with E-state index in [0.717, 1.165) is 11.3 Å². The molecule has 0 aliphatic carbocycles. The number of nitrogens with one attached hydrogen (secondary N) is 3. The summed E-state index contributed by atoms with van der Waals surface area (Å²) in [6, 6.07) is 3.79. The third kappa shape index (κ3) is 4.59. The summed E-state index contributed by atoms with van der Waals surface area (Å²) in [5.74, 6) is -0.000117. The van der Waals surface area contributed by atoms with Crippen LogP contribution in [0, 0.1) is 0 Å². The Bertz CT molecular complexity index is 1180. The summed E-state index contributed by atoms with van der Waals surface area (Å²) in [6.07, 6.45) is -1.22. The van der Waals surface area contributed by atoms with Crippen LogP contribution in [0.5, 0.6) is 0 Å². The molecule has 5 rings (SSSR count). The van der Waals surface area contributed by atoms with Gasteiger partial charge in [0, 0.05) is 16.8 Å². The van der Waals surface area contributed by atoms with Crippen molar-refractivity contribution in [2.45, 2.75) is 35.1 Å². The molecule has 2 saturated heterocycles. The highest BCUT2D eigenvalue weighted by Crippen LogP contribution is 2.50. The molecule has 0 radical (unpaired) electrons. The zero-order chi connectivity index (χ0) is 23.2. The molecule has 4 heterocycles. The van der Waals surface area contributed by atoms with Crippen LogP contribution in [0.15, 0.2) is 27.6 Å². The lowest BCUT2D eigenvalue weighted by atomic mass is 10.0. The van der Waals surface area contributed by atoms with E-state index in [9.17, 15) is 22.4 Å². The average Bonchev–Trinajstić information content (AvgIpc) is 3.48. The number of carbonyl (C=O) groups excluding carboxylic acids is 1. The average molecular weight is 504 g/mol. The summed E-state index contributed by atoms with van der Waals surface area (Å²) in [5.41, 5.74) is -4.01. The monoisotopic (exact) mass is 503 g/mol. The number of cyclic esters (lactones) is 1. The summed E-state index contributed by atoms with van der Waals surface area (Å²) >= 11 is 0.804. The van der Waals surface area contributed by atoms with Crippen molar-refractivity contribution >= 4 is 45.0 Å². The van der Waals surface area contributed by atoms with Crippen LogP contribution in [0.25, 0.3) is 20.8 Å². The molecule has 2 fully saturated rings. The fourth-order valence-corrected chi connectivity index (χ4v) is 5.85.